The van der Waals surface area contributed by atoms with Crippen LogP contribution in [0.4, 0.5) is 19.2 Å². The van der Waals surface area contributed by atoms with Crippen LogP contribution in [-0.2, 0) is 55.9 Å². The van der Waals surface area contributed by atoms with Crippen molar-refractivity contribution in [2.75, 3.05) is 19.6 Å². The van der Waals surface area contributed by atoms with Crippen LogP contribution in [0.25, 0.3) is 0 Å². The molecule has 88 heavy (non-hydrogen) atoms. The van der Waals surface area contributed by atoms with Crippen LogP contribution >= 0.6 is 0 Å². The van der Waals surface area contributed by atoms with Gasteiger partial charge in [-0.15, -0.1) is 0 Å². The van der Waals surface area contributed by atoms with Crippen molar-refractivity contribution in [1.29, 1.82) is 0 Å². The van der Waals surface area contributed by atoms with E-state index in [1.165, 1.54) is 19.3 Å². The minimum atomic E-state index is -1.35. The number of amides is 6. The first-order valence-electron chi connectivity index (χ1n) is 33.3. The molecule has 20 nitrogen and oxygen atoms in total. The molecule has 20 heteroatoms. The number of hydrogen-bond donors (Lipinski definition) is 6. The Hall–Kier alpha value is -6.60. The highest BCUT2D eigenvalue weighted by Crippen LogP contribution is 2.57. The molecule has 14 rings (SSSR count). The van der Waals surface area contributed by atoms with Gasteiger partial charge in [0.15, 0.2) is 0 Å². The van der Waals surface area contributed by atoms with Gasteiger partial charge in [-0.2, -0.15) is 0 Å². The molecule has 2 aromatic rings. The molecule has 0 heterocycles. The van der Waals surface area contributed by atoms with Gasteiger partial charge >= 0.3 is 30.4 Å². The Labute approximate surface area is 517 Å². The van der Waals surface area contributed by atoms with Gasteiger partial charge in [0.25, 0.3) is 0 Å². The summed E-state index contributed by atoms with van der Waals surface area (Å²) in [5.74, 6) is 4.13. The van der Waals surface area contributed by atoms with Crippen molar-refractivity contribution < 1.29 is 66.8 Å². The van der Waals surface area contributed by atoms with Gasteiger partial charge in [0.2, 0.25) is 17.7 Å². The second kappa shape index (κ2) is 28.5. The molecule has 6 amide bonds. The van der Waals surface area contributed by atoms with E-state index in [1.54, 1.807) is 45.0 Å². The lowest BCUT2D eigenvalue weighted by Gasteiger charge is -2.53. The summed E-state index contributed by atoms with van der Waals surface area (Å²) < 4.78 is 34.8. The molecule has 0 unspecified atom stereocenters. The Bertz CT molecular complexity index is 2710. The lowest BCUT2D eigenvalue weighted by atomic mass is 9.55. The fourth-order valence-electron chi connectivity index (χ4n) is 17.8. The monoisotopic (exact) mass is 1220 g/mol. The zero-order valence-electron chi connectivity index (χ0n) is 51.7. The smallest absolute Gasteiger partial charge is 0.460 e. The summed E-state index contributed by atoms with van der Waals surface area (Å²) in [4.78, 5) is 110. The molecule has 3 atom stereocenters. The normalized spacial score (nSPS) is 30.8. The Morgan fingerprint density at radius 2 is 0.886 bits per heavy atom. The van der Waals surface area contributed by atoms with Crippen molar-refractivity contribution in [3.05, 3.63) is 65.7 Å². The number of alkyl carbamates (subject to hydrolysis) is 3. The zero-order valence-corrected chi connectivity index (χ0v) is 51.7. The van der Waals surface area contributed by atoms with E-state index in [9.17, 15) is 38.4 Å². The van der Waals surface area contributed by atoms with Crippen LogP contribution in [0.2, 0.25) is 0 Å². The van der Waals surface area contributed by atoms with E-state index in [0.717, 1.165) is 106 Å². The minimum Gasteiger partial charge on any atom is -0.460 e. The van der Waals surface area contributed by atoms with Gasteiger partial charge in [0.05, 0.1) is 0 Å². The molecule has 0 radical (unpaired) electrons. The molecule has 480 valence electrons. The number of hydrogen-bond acceptors (Lipinski definition) is 14. The SMILES string of the molecule is CC(C)(C)OC(=O)N[C@@H](CCCCNC(=O)OC1C2CC3CC(C2)CC1C3)C(=O)N[C@@H](Cc1ccc(OC(=O)OC2C3CC4CC(C3)CC2C4)cc1)C(=O)N[C@@H](CCCCNC(=O)OC1C2CC3CC(C2)CC1C3)C(=O)NCC(=O)OCc1ccccc1. The molecule has 12 aliphatic rings. The number of esters is 1. The van der Waals surface area contributed by atoms with E-state index < -0.39 is 78.4 Å². The molecule has 2 aromatic carbocycles. The fourth-order valence-corrected chi connectivity index (χ4v) is 17.8. The molecule has 12 bridgehead atoms. The molecule has 0 saturated heterocycles. The second-order valence-electron chi connectivity index (χ2n) is 28.8. The molecular formula is C68H94N6O14. The standard InChI is InChI=1S/C68H94N6O14/c1-68(2,3)88-66(81)74-55(14-8-10-20-70-65(80)86-59-49-28-43-22-44(30-49)31-50(59)29-43)62(77)73-56(36-39-15-17-53(18-16-39)84-67(82)87-60-51-32-45-23-46(34-51)35-52(60)33-45)63(78)72-54(61(76)71-37-57(75)83-38-40-11-5-4-6-12-40)13-7-9-19-69-64(79)85-58-47-24-41-21-42(26-47)27-48(58)25-41/h4-6,11-12,15-18,41-52,54-56,58-60H,7-10,13-14,19-38H2,1-3H3,(H,69,79)(H,70,80)(H,71,76)(H,72,78)(H,73,77)(H,74,81)/t41?,42?,43?,44?,45?,46?,47?,48?,49?,50?,51?,52?,54-,55-,56-,58?,59?,60?/m0/s1. The number of carbonyl (C=O) groups excluding carboxylic acids is 8. The average molecular weight is 1220 g/mol. The first kappa shape index (κ1) is 63.0. The number of benzene rings is 2. The number of rotatable bonds is 26. The van der Waals surface area contributed by atoms with Crippen LogP contribution in [0.3, 0.4) is 0 Å². The van der Waals surface area contributed by atoms with Gasteiger partial charge in [-0.3, -0.25) is 19.2 Å². The Morgan fingerprint density at radius 3 is 1.35 bits per heavy atom. The largest absolute Gasteiger partial charge is 0.514 e. The predicted molar refractivity (Wildman–Crippen MR) is 323 cm³/mol. The van der Waals surface area contributed by atoms with Crippen molar-refractivity contribution in [1.82, 2.24) is 31.9 Å². The molecule has 0 aromatic heterocycles. The van der Waals surface area contributed by atoms with E-state index in [4.69, 9.17) is 28.4 Å². The van der Waals surface area contributed by atoms with Crippen LogP contribution in [0.1, 0.15) is 167 Å². The average Bonchev–Trinajstić information content (AvgIpc) is 1.23. The molecule has 12 aliphatic carbocycles. The van der Waals surface area contributed by atoms with E-state index >= 15 is 0 Å². The predicted octanol–water partition coefficient (Wildman–Crippen LogP) is 9.73. The Morgan fingerprint density at radius 1 is 0.455 bits per heavy atom. The molecule has 12 saturated carbocycles. The summed E-state index contributed by atoms with van der Waals surface area (Å²) in [6.07, 6.45) is 15.9. The second-order valence-corrected chi connectivity index (χ2v) is 28.8. The quantitative estimate of drug-likeness (QED) is 0.0222. The van der Waals surface area contributed by atoms with Crippen molar-refractivity contribution in [2.45, 2.75) is 211 Å². The number of unbranched alkanes of at least 4 members (excludes halogenated alkanes) is 2. The van der Waals surface area contributed by atoms with E-state index in [1.807, 2.05) is 30.3 Å². The molecule has 0 spiro atoms. The van der Waals surface area contributed by atoms with Crippen molar-refractivity contribution in [3.63, 3.8) is 0 Å². The zero-order chi connectivity index (χ0) is 61.5. The highest BCUT2D eigenvalue weighted by Gasteiger charge is 2.52. The summed E-state index contributed by atoms with van der Waals surface area (Å²) >= 11 is 0. The van der Waals surface area contributed by atoms with E-state index in [-0.39, 0.29) is 63.0 Å². The van der Waals surface area contributed by atoms with Crippen molar-refractivity contribution >= 4 is 48.1 Å². The van der Waals surface area contributed by atoms with Crippen LogP contribution in [0.5, 0.6) is 5.75 Å². The maximum absolute atomic E-state index is 14.9. The highest BCUT2D eigenvalue weighted by molar-refractivity contribution is 5.94. The lowest BCUT2D eigenvalue weighted by molar-refractivity contribution is -0.145. The maximum atomic E-state index is 14.9. The third-order valence-corrected chi connectivity index (χ3v) is 21.0. The van der Waals surface area contributed by atoms with Crippen LogP contribution in [0.15, 0.2) is 54.6 Å². The third kappa shape index (κ3) is 16.8. The maximum Gasteiger partial charge on any atom is 0.514 e. The first-order valence-corrected chi connectivity index (χ1v) is 33.3. The highest BCUT2D eigenvalue weighted by atomic mass is 16.7. The van der Waals surface area contributed by atoms with Crippen LogP contribution < -0.4 is 36.6 Å². The summed E-state index contributed by atoms with van der Waals surface area (Å²) in [5.41, 5.74) is 0.413. The van der Waals surface area contributed by atoms with Gasteiger partial charge in [0.1, 0.15) is 60.9 Å². The lowest BCUT2D eigenvalue weighted by Crippen LogP contribution is -2.57. The van der Waals surface area contributed by atoms with Gasteiger partial charge in [0, 0.05) is 19.5 Å². The number of ether oxygens (including phenoxy) is 6. The van der Waals surface area contributed by atoms with Crippen LogP contribution in [0, 0.1) is 71.0 Å². The number of nitrogens with one attached hydrogen (secondary N) is 6. The van der Waals surface area contributed by atoms with Gasteiger partial charge in [-0.25, -0.2) is 19.2 Å². The molecular weight excluding hydrogens is 1120 g/mol. The fraction of sp³-hybridized carbons (Fsp3) is 0.706. The molecule has 0 aliphatic heterocycles. The minimum absolute atomic E-state index is 0.00817. The molecule has 12 fully saturated rings. The van der Waals surface area contributed by atoms with Gasteiger partial charge < -0.3 is 60.3 Å². The van der Waals surface area contributed by atoms with Crippen LogP contribution in [-0.4, -0.2) is 110 Å². The summed E-state index contributed by atoms with van der Waals surface area (Å²) in [7, 11) is 0. The Balaban J connectivity index is 0.745. The number of carbonyl (C=O) groups is 8. The van der Waals surface area contributed by atoms with Crippen molar-refractivity contribution in [3.8, 4) is 5.75 Å². The summed E-state index contributed by atoms with van der Waals surface area (Å²) in [6.45, 7) is 5.14. The van der Waals surface area contributed by atoms with Crippen molar-refractivity contribution in [2.24, 2.45) is 71.0 Å². The van der Waals surface area contributed by atoms with E-state index in [0.29, 0.717) is 78.6 Å². The molecule has 6 N–H and O–H groups in total. The topological polar surface area (TPSA) is 264 Å². The summed E-state index contributed by atoms with van der Waals surface area (Å²) in [6, 6.07) is 11.8. The third-order valence-electron chi connectivity index (χ3n) is 21.0. The van der Waals surface area contributed by atoms with E-state index in [2.05, 4.69) is 31.9 Å². The van der Waals surface area contributed by atoms with Gasteiger partial charge in [-0.1, -0.05) is 42.5 Å². The summed E-state index contributed by atoms with van der Waals surface area (Å²) in [5, 5.41) is 16.8. The van der Waals surface area contributed by atoms with Gasteiger partial charge in [-0.05, 0) is 250 Å². The first-order chi connectivity index (χ1) is 42.4. The Kier molecular flexibility index (Phi) is 20.4.